The Morgan fingerprint density at radius 3 is 3.08 bits per heavy atom. The molecule has 3 heteroatoms. The summed E-state index contributed by atoms with van der Waals surface area (Å²) in [5.41, 5.74) is 0. The van der Waals surface area contributed by atoms with Gasteiger partial charge in [-0.05, 0) is 38.8 Å². The number of rotatable bonds is 3. The molecular weight excluding hydrogens is 166 g/mol. The smallest absolute Gasteiger partial charge is 0.327 e. The van der Waals surface area contributed by atoms with Gasteiger partial charge in [-0.2, -0.15) is 0 Å². The van der Waals surface area contributed by atoms with Crippen LogP contribution in [0.25, 0.3) is 0 Å². The van der Waals surface area contributed by atoms with Gasteiger partial charge in [0.1, 0.15) is 0 Å². The maximum Gasteiger partial charge on any atom is 0.327 e. The van der Waals surface area contributed by atoms with Gasteiger partial charge in [0.2, 0.25) is 0 Å². The first-order chi connectivity index (χ1) is 6.18. The van der Waals surface area contributed by atoms with Crippen LogP contribution >= 0.6 is 0 Å². The number of hydrogen-bond donors (Lipinski definition) is 1. The summed E-state index contributed by atoms with van der Waals surface area (Å²) in [6, 6.07) is 0. The van der Waals surface area contributed by atoms with E-state index in [0.29, 0.717) is 5.92 Å². The van der Waals surface area contributed by atoms with Crippen LogP contribution in [-0.2, 0) is 4.79 Å². The van der Waals surface area contributed by atoms with Gasteiger partial charge in [-0.1, -0.05) is 6.08 Å². The Balaban J connectivity index is 2.24. The van der Waals surface area contributed by atoms with Gasteiger partial charge in [-0.15, -0.1) is 0 Å². The van der Waals surface area contributed by atoms with Crippen molar-refractivity contribution in [3.8, 4) is 0 Å². The van der Waals surface area contributed by atoms with Crippen molar-refractivity contribution in [1.29, 1.82) is 0 Å². The monoisotopic (exact) mass is 183 g/mol. The molecular formula is C10H17NO2. The molecule has 0 aliphatic carbocycles. The summed E-state index contributed by atoms with van der Waals surface area (Å²) in [6.45, 7) is 2.28. The SMILES string of the molecule is CN1CCCC(C/C=C\C(=O)O)C1. The van der Waals surface area contributed by atoms with Gasteiger partial charge in [-0.25, -0.2) is 4.79 Å². The number of aliphatic carboxylic acids is 1. The molecule has 1 N–H and O–H groups in total. The van der Waals surface area contributed by atoms with E-state index in [2.05, 4.69) is 11.9 Å². The molecule has 0 aromatic carbocycles. The number of carboxylic acids is 1. The second-order valence-corrected chi connectivity index (χ2v) is 3.75. The first-order valence-corrected chi connectivity index (χ1v) is 4.76. The van der Waals surface area contributed by atoms with Gasteiger partial charge >= 0.3 is 5.97 Å². The Morgan fingerprint density at radius 1 is 1.69 bits per heavy atom. The molecule has 0 bridgehead atoms. The van der Waals surface area contributed by atoms with Crippen molar-refractivity contribution in [3.63, 3.8) is 0 Å². The minimum absolute atomic E-state index is 0.648. The van der Waals surface area contributed by atoms with E-state index in [9.17, 15) is 4.79 Å². The molecule has 1 heterocycles. The van der Waals surface area contributed by atoms with Gasteiger partial charge in [0.15, 0.2) is 0 Å². The lowest BCUT2D eigenvalue weighted by Gasteiger charge is -2.28. The molecule has 0 spiro atoms. The number of carboxylic acid groups (broad SMARTS) is 1. The van der Waals surface area contributed by atoms with Crippen LogP contribution < -0.4 is 0 Å². The first kappa shape index (κ1) is 10.3. The Kier molecular flexibility index (Phi) is 3.96. The highest BCUT2D eigenvalue weighted by Crippen LogP contribution is 2.18. The quantitative estimate of drug-likeness (QED) is 0.672. The van der Waals surface area contributed by atoms with E-state index in [4.69, 9.17) is 5.11 Å². The van der Waals surface area contributed by atoms with Crippen molar-refractivity contribution in [2.75, 3.05) is 20.1 Å². The molecule has 0 radical (unpaired) electrons. The summed E-state index contributed by atoms with van der Waals surface area (Å²) in [6.07, 6.45) is 6.38. The van der Waals surface area contributed by atoms with Gasteiger partial charge in [0.25, 0.3) is 0 Å². The van der Waals surface area contributed by atoms with E-state index >= 15 is 0 Å². The number of allylic oxidation sites excluding steroid dienone is 1. The fraction of sp³-hybridized carbons (Fsp3) is 0.700. The molecule has 1 aliphatic rings. The summed E-state index contributed by atoms with van der Waals surface area (Å²) in [5.74, 6) is -0.196. The Bertz CT molecular complexity index is 201. The van der Waals surface area contributed by atoms with Crippen LogP contribution in [0, 0.1) is 5.92 Å². The molecule has 0 aromatic heterocycles. The van der Waals surface area contributed by atoms with E-state index < -0.39 is 5.97 Å². The summed E-state index contributed by atoms with van der Waals surface area (Å²) < 4.78 is 0. The largest absolute Gasteiger partial charge is 0.478 e. The second-order valence-electron chi connectivity index (χ2n) is 3.75. The van der Waals surface area contributed by atoms with E-state index in [1.807, 2.05) is 0 Å². The number of hydrogen-bond acceptors (Lipinski definition) is 2. The van der Waals surface area contributed by atoms with Crippen LogP contribution in [0.1, 0.15) is 19.3 Å². The first-order valence-electron chi connectivity index (χ1n) is 4.76. The average molecular weight is 183 g/mol. The second kappa shape index (κ2) is 5.02. The highest BCUT2D eigenvalue weighted by atomic mass is 16.4. The van der Waals surface area contributed by atoms with Crippen molar-refractivity contribution >= 4 is 5.97 Å². The van der Waals surface area contributed by atoms with E-state index in [1.54, 1.807) is 6.08 Å². The van der Waals surface area contributed by atoms with Crippen molar-refractivity contribution in [2.45, 2.75) is 19.3 Å². The minimum atomic E-state index is -0.843. The predicted octanol–water partition coefficient (Wildman–Crippen LogP) is 1.36. The van der Waals surface area contributed by atoms with Crippen molar-refractivity contribution < 1.29 is 9.90 Å². The topological polar surface area (TPSA) is 40.5 Å². The molecule has 1 atom stereocenters. The van der Waals surface area contributed by atoms with Gasteiger partial charge in [-0.3, -0.25) is 0 Å². The maximum atomic E-state index is 10.2. The van der Waals surface area contributed by atoms with Crippen LogP contribution in [0.4, 0.5) is 0 Å². The maximum absolute atomic E-state index is 10.2. The molecule has 0 aromatic rings. The fourth-order valence-electron chi connectivity index (χ4n) is 1.83. The molecule has 0 saturated carbocycles. The summed E-state index contributed by atoms with van der Waals surface area (Å²) in [5, 5.41) is 8.40. The van der Waals surface area contributed by atoms with Crippen LogP contribution in [-0.4, -0.2) is 36.1 Å². The standard InChI is InChI=1S/C10H17NO2/c1-11-7-3-5-9(8-11)4-2-6-10(12)13/h2,6,9H,3-5,7-8H2,1H3,(H,12,13)/b6-2-. The number of likely N-dealkylation sites (tertiary alicyclic amines) is 1. The third-order valence-electron chi connectivity index (χ3n) is 2.45. The lowest BCUT2D eigenvalue weighted by atomic mass is 9.95. The molecule has 74 valence electrons. The molecule has 1 unspecified atom stereocenters. The minimum Gasteiger partial charge on any atom is -0.478 e. The van der Waals surface area contributed by atoms with Crippen molar-refractivity contribution in [2.24, 2.45) is 5.92 Å². The predicted molar refractivity (Wildman–Crippen MR) is 51.6 cm³/mol. The molecule has 1 saturated heterocycles. The molecule has 1 aliphatic heterocycles. The summed E-state index contributed by atoms with van der Waals surface area (Å²) >= 11 is 0. The van der Waals surface area contributed by atoms with Crippen LogP contribution in [0.15, 0.2) is 12.2 Å². The lowest BCUT2D eigenvalue weighted by molar-refractivity contribution is -0.131. The van der Waals surface area contributed by atoms with Crippen LogP contribution in [0.5, 0.6) is 0 Å². The molecule has 3 nitrogen and oxygen atoms in total. The van der Waals surface area contributed by atoms with E-state index in [1.165, 1.54) is 25.5 Å². The fourth-order valence-corrected chi connectivity index (χ4v) is 1.83. The van der Waals surface area contributed by atoms with Gasteiger partial charge in [0.05, 0.1) is 0 Å². The van der Waals surface area contributed by atoms with Crippen LogP contribution in [0.3, 0.4) is 0 Å². The summed E-state index contributed by atoms with van der Waals surface area (Å²) in [7, 11) is 2.12. The molecule has 1 fully saturated rings. The summed E-state index contributed by atoms with van der Waals surface area (Å²) in [4.78, 5) is 12.5. The number of piperidine rings is 1. The van der Waals surface area contributed by atoms with Gasteiger partial charge in [0, 0.05) is 12.6 Å². The van der Waals surface area contributed by atoms with Gasteiger partial charge < -0.3 is 10.0 Å². The number of nitrogens with zero attached hydrogens (tertiary/aromatic N) is 1. The van der Waals surface area contributed by atoms with E-state index in [0.717, 1.165) is 13.0 Å². The average Bonchev–Trinajstić information content (AvgIpc) is 2.03. The lowest BCUT2D eigenvalue weighted by Crippen LogP contribution is -2.31. The van der Waals surface area contributed by atoms with Crippen molar-refractivity contribution in [3.05, 3.63) is 12.2 Å². The zero-order valence-corrected chi connectivity index (χ0v) is 8.07. The zero-order chi connectivity index (χ0) is 9.68. The van der Waals surface area contributed by atoms with Crippen molar-refractivity contribution in [1.82, 2.24) is 4.90 Å². The molecule has 13 heavy (non-hydrogen) atoms. The zero-order valence-electron chi connectivity index (χ0n) is 8.07. The van der Waals surface area contributed by atoms with Crippen LogP contribution in [0.2, 0.25) is 0 Å². The molecule has 0 amide bonds. The Morgan fingerprint density at radius 2 is 2.46 bits per heavy atom. The highest BCUT2D eigenvalue weighted by Gasteiger charge is 2.15. The Hall–Kier alpha value is -0.830. The third kappa shape index (κ3) is 4.08. The Labute approximate surface area is 79.0 Å². The highest BCUT2D eigenvalue weighted by molar-refractivity contribution is 5.79. The third-order valence-corrected chi connectivity index (χ3v) is 2.45. The molecule has 1 rings (SSSR count). The normalized spacial score (nSPS) is 25.2. The van der Waals surface area contributed by atoms with E-state index in [-0.39, 0.29) is 0 Å². The number of carbonyl (C=O) groups is 1.